The molecule has 1 aromatic rings. The highest BCUT2D eigenvalue weighted by Crippen LogP contribution is 2.16. The molecule has 1 heterocycles. The predicted octanol–water partition coefficient (Wildman–Crippen LogP) is 0.897. The van der Waals surface area contributed by atoms with E-state index in [4.69, 9.17) is 0 Å². The van der Waals surface area contributed by atoms with Gasteiger partial charge in [0.2, 0.25) is 0 Å². The van der Waals surface area contributed by atoms with Crippen LogP contribution in [0.3, 0.4) is 0 Å². The van der Waals surface area contributed by atoms with Gasteiger partial charge in [-0.1, -0.05) is 0 Å². The van der Waals surface area contributed by atoms with Gasteiger partial charge >= 0.3 is 0 Å². The standard InChI is InChI=1S/C12H23N5/c1-10-14-11(16(3)4)9-12(15-10)17(5)8-6-7-13-2/h9,13H,6-8H2,1-5H3. The SMILES string of the molecule is CNCCCN(C)c1cc(N(C)C)nc(C)n1. The third-order valence-corrected chi connectivity index (χ3v) is 2.58. The van der Waals surface area contributed by atoms with Gasteiger partial charge in [-0.2, -0.15) is 0 Å². The van der Waals surface area contributed by atoms with E-state index in [-0.39, 0.29) is 0 Å². The molecule has 5 nitrogen and oxygen atoms in total. The van der Waals surface area contributed by atoms with Gasteiger partial charge in [0.15, 0.2) is 0 Å². The molecule has 1 rings (SSSR count). The van der Waals surface area contributed by atoms with E-state index in [1.165, 1.54) is 0 Å². The Morgan fingerprint density at radius 2 is 1.82 bits per heavy atom. The van der Waals surface area contributed by atoms with Crippen molar-refractivity contribution in [1.29, 1.82) is 0 Å². The molecule has 5 heteroatoms. The van der Waals surface area contributed by atoms with Crippen molar-refractivity contribution >= 4 is 11.6 Å². The quantitative estimate of drug-likeness (QED) is 0.745. The first-order chi connectivity index (χ1) is 8.04. The molecular formula is C12H23N5. The average Bonchev–Trinajstić information content (AvgIpc) is 2.28. The van der Waals surface area contributed by atoms with Gasteiger partial charge in [-0.15, -0.1) is 0 Å². The molecule has 0 amide bonds. The molecule has 0 saturated carbocycles. The highest BCUT2D eigenvalue weighted by Gasteiger charge is 2.07. The topological polar surface area (TPSA) is 44.3 Å². The average molecular weight is 237 g/mol. The zero-order chi connectivity index (χ0) is 12.8. The van der Waals surface area contributed by atoms with E-state index in [2.05, 4.69) is 27.2 Å². The summed E-state index contributed by atoms with van der Waals surface area (Å²) in [6, 6.07) is 2.02. The van der Waals surface area contributed by atoms with E-state index in [1.54, 1.807) is 0 Å². The van der Waals surface area contributed by atoms with Gasteiger partial charge in [-0.3, -0.25) is 0 Å². The minimum Gasteiger partial charge on any atom is -0.363 e. The summed E-state index contributed by atoms with van der Waals surface area (Å²) in [7, 11) is 8.02. The summed E-state index contributed by atoms with van der Waals surface area (Å²) in [5.74, 6) is 2.75. The lowest BCUT2D eigenvalue weighted by atomic mass is 10.3. The van der Waals surface area contributed by atoms with Crippen molar-refractivity contribution in [2.45, 2.75) is 13.3 Å². The van der Waals surface area contributed by atoms with Crippen molar-refractivity contribution in [2.75, 3.05) is 51.1 Å². The van der Waals surface area contributed by atoms with E-state index in [0.29, 0.717) is 0 Å². The fourth-order valence-corrected chi connectivity index (χ4v) is 1.57. The van der Waals surface area contributed by atoms with Gasteiger partial charge in [-0.05, 0) is 26.9 Å². The first-order valence-corrected chi connectivity index (χ1v) is 5.93. The van der Waals surface area contributed by atoms with Crippen LogP contribution >= 0.6 is 0 Å². The van der Waals surface area contributed by atoms with Crippen LogP contribution in [-0.4, -0.2) is 51.2 Å². The summed E-state index contributed by atoms with van der Waals surface area (Å²) < 4.78 is 0. The van der Waals surface area contributed by atoms with Gasteiger partial charge in [0.1, 0.15) is 17.5 Å². The number of anilines is 2. The Kier molecular flexibility index (Phi) is 5.15. The number of nitrogens with one attached hydrogen (secondary N) is 1. The molecule has 0 aliphatic carbocycles. The lowest BCUT2D eigenvalue weighted by Gasteiger charge is -2.20. The van der Waals surface area contributed by atoms with Gasteiger partial charge in [0.25, 0.3) is 0 Å². The summed E-state index contributed by atoms with van der Waals surface area (Å²) in [6.07, 6.45) is 1.10. The first-order valence-electron chi connectivity index (χ1n) is 5.93. The second-order valence-corrected chi connectivity index (χ2v) is 4.40. The molecule has 0 aliphatic rings. The smallest absolute Gasteiger partial charge is 0.134 e. The van der Waals surface area contributed by atoms with Crippen molar-refractivity contribution in [3.63, 3.8) is 0 Å². The third kappa shape index (κ3) is 4.19. The zero-order valence-electron chi connectivity index (χ0n) is 11.5. The van der Waals surface area contributed by atoms with Gasteiger partial charge < -0.3 is 15.1 Å². The van der Waals surface area contributed by atoms with Crippen molar-refractivity contribution in [3.8, 4) is 0 Å². The molecule has 0 aliphatic heterocycles. The highest BCUT2D eigenvalue weighted by atomic mass is 15.2. The van der Waals surface area contributed by atoms with Crippen molar-refractivity contribution in [1.82, 2.24) is 15.3 Å². The Labute approximate surface area is 104 Å². The second kappa shape index (κ2) is 6.39. The largest absolute Gasteiger partial charge is 0.363 e. The fraction of sp³-hybridized carbons (Fsp3) is 0.667. The van der Waals surface area contributed by atoms with Crippen LogP contribution in [0.4, 0.5) is 11.6 Å². The maximum atomic E-state index is 4.46. The molecule has 0 fully saturated rings. The van der Waals surface area contributed by atoms with Crippen LogP contribution in [0.25, 0.3) is 0 Å². The van der Waals surface area contributed by atoms with Gasteiger partial charge in [0.05, 0.1) is 0 Å². The lowest BCUT2D eigenvalue weighted by molar-refractivity contribution is 0.707. The van der Waals surface area contributed by atoms with E-state index in [9.17, 15) is 0 Å². The summed E-state index contributed by atoms with van der Waals surface area (Å²) >= 11 is 0. The molecule has 0 radical (unpaired) electrons. The Hall–Kier alpha value is -1.36. The molecule has 0 atom stereocenters. The molecule has 0 spiro atoms. The van der Waals surface area contributed by atoms with E-state index in [0.717, 1.165) is 37.0 Å². The van der Waals surface area contributed by atoms with E-state index >= 15 is 0 Å². The zero-order valence-corrected chi connectivity index (χ0v) is 11.5. The molecule has 0 saturated heterocycles. The van der Waals surface area contributed by atoms with Crippen LogP contribution in [0.5, 0.6) is 0 Å². The Bertz CT molecular complexity index is 351. The Morgan fingerprint density at radius 3 is 2.41 bits per heavy atom. The lowest BCUT2D eigenvalue weighted by Crippen LogP contribution is -2.24. The number of aromatic nitrogens is 2. The van der Waals surface area contributed by atoms with Crippen molar-refractivity contribution in [3.05, 3.63) is 11.9 Å². The minimum atomic E-state index is 0.812. The Balaban J connectivity index is 2.75. The van der Waals surface area contributed by atoms with Crippen LogP contribution < -0.4 is 15.1 Å². The molecule has 0 unspecified atom stereocenters. The monoisotopic (exact) mass is 237 g/mol. The summed E-state index contributed by atoms with van der Waals surface area (Å²) in [4.78, 5) is 13.0. The number of hydrogen-bond donors (Lipinski definition) is 1. The maximum absolute atomic E-state index is 4.46. The van der Waals surface area contributed by atoms with Crippen molar-refractivity contribution in [2.24, 2.45) is 0 Å². The predicted molar refractivity (Wildman–Crippen MR) is 72.9 cm³/mol. The molecule has 96 valence electrons. The maximum Gasteiger partial charge on any atom is 0.134 e. The number of rotatable bonds is 6. The van der Waals surface area contributed by atoms with Crippen LogP contribution in [0.15, 0.2) is 6.07 Å². The molecule has 1 N–H and O–H groups in total. The molecule has 17 heavy (non-hydrogen) atoms. The van der Waals surface area contributed by atoms with Crippen molar-refractivity contribution < 1.29 is 0 Å². The third-order valence-electron chi connectivity index (χ3n) is 2.58. The summed E-state index contributed by atoms with van der Waals surface area (Å²) in [5, 5.41) is 3.15. The van der Waals surface area contributed by atoms with Gasteiger partial charge in [0, 0.05) is 33.8 Å². The molecule has 0 aromatic carbocycles. The Morgan fingerprint density at radius 1 is 1.18 bits per heavy atom. The van der Waals surface area contributed by atoms with Gasteiger partial charge in [-0.25, -0.2) is 9.97 Å². The van der Waals surface area contributed by atoms with Crippen LogP contribution in [-0.2, 0) is 0 Å². The summed E-state index contributed by atoms with van der Waals surface area (Å²) in [5.41, 5.74) is 0. The van der Waals surface area contributed by atoms with Crippen LogP contribution in [0, 0.1) is 6.92 Å². The second-order valence-electron chi connectivity index (χ2n) is 4.40. The molecule has 0 bridgehead atoms. The first kappa shape index (κ1) is 13.7. The molecule has 1 aromatic heterocycles. The van der Waals surface area contributed by atoms with E-state index < -0.39 is 0 Å². The van der Waals surface area contributed by atoms with Crippen LogP contribution in [0.2, 0.25) is 0 Å². The van der Waals surface area contributed by atoms with E-state index in [1.807, 2.05) is 39.0 Å². The number of hydrogen-bond acceptors (Lipinski definition) is 5. The molecular weight excluding hydrogens is 214 g/mol. The normalized spacial score (nSPS) is 10.4. The number of aryl methyl sites for hydroxylation is 1. The fourth-order valence-electron chi connectivity index (χ4n) is 1.57. The number of nitrogens with zero attached hydrogens (tertiary/aromatic N) is 4. The summed E-state index contributed by atoms with van der Waals surface area (Å²) in [6.45, 7) is 3.94. The van der Waals surface area contributed by atoms with Crippen LogP contribution in [0.1, 0.15) is 12.2 Å². The highest BCUT2D eigenvalue weighted by molar-refractivity contribution is 5.49. The minimum absolute atomic E-state index is 0.812.